The van der Waals surface area contributed by atoms with Crippen molar-refractivity contribution in [3.63, 3.8) is 0 Å². The molecule has 0 amide bonds. The molecule has 0 radical (unpaired) electrons. The van der Waals surface area contributed by atoms with Crippen molar-refractivity contribution in [2.24, 2.45) is 0 Å². The van der Waals surface area contributed by atoms with E-state index >= 15 is 0 Å². The summed E-state index contributed by atoms with van der Waals surface area (Å²) in [5.74, 6) is 5.56. The first-order valence-corrected chi connectivity index (χ1v) is 8.77. The van der Waals surface area contributed by atoms with Crippen molar-refractivity contribution < 1.29 is 9.53 Å². The molecule has 25 heavy (non-hydrogen) atoms. The van der Waals surface area contributed by atoms with E-state index in [1.54, 1.807) is 16.8 Å². The Labute approximate surface area is 157 Å². The highest BCUT2D eigenvalue weighted by Crippen LogP contribution is 2.29. The SMILES string of the molecule is CCCCc1cn(-c2c(Cl)cc(C#CCCC(=O)OC)cc2Cl)nn1. The molecular formula is C18H19Cl2N3O2. The number of carbonyl (C=O) groups is 1. The summed E-state index contributed by atoms with van der Waals surface area (Å²) in [4.78, 5) is 11.1. The Hall–Kier alpha value is -2.03. The summed E-state index contributed by atoms with van der Waals surface area (Å²) < 4.78 is 6.15. The van der Waals surface area contributed by atoms with Gasteiger partial charge in [0.2, 0.25) is 0 Å². The van der Waals surface area contributed by atoms with Gasteiger partial charge in [-0.2, -0.15) is 0 Å². The summed E-state index contributed by atoms with van der Waals surface area (Å²) in [5, 5.41) is 9.13. The van der Waals surface area contributed by atoms with Crippen LogP contribution in [0.3, 0.4) is 0 Å². The summed E-state index contributed by atoms with van der Waals surface area (Å²) >= 11 is 12.7. The number of rotatable bonds is 6. The van der Waals surface area contributed by atoms with Gasteiger partial charge in [0.15, 0.2) is 0 Å². The normalized spacial score (nSPS) is 10.2. The van der Waals surface area contributed by atoms with Crippen LogP contribution in [0, 0.1) is 11.8 Å². The van der Waals surface area contributed by atoms with Gasteiger partial charge in [0.1, 0.15) is 5.69 Å². The molecule has 0 unspecified atom stereocenters. The van der Waals surface area contributed by atoms with E-state index in [0.717, 1.165) is 25.0 Å². The number of aromatic nitrogens is 3. The van der Waals surface area contributed by atoms with E-state index in [1.165, 1.54) is 7.11 Å². The molecule has 0 saturated heterocycles. The van der Waals surface area contributed by atoms with Crippen LogP contribution in [0.4, 0.5) is 0 Å². The Kier molecular flexibility index (Phi) is 7.30. The van der Waals surface area contributed by atoms with Crippen LogP contribution in [0.5, 0.6) is 0 Å². The zero-order chi connectivity index (χ0) is 18.2. The Morgan fingerprint density at radius 2 is 2.04 bits per heavy atom. The largest absolute Gasteiger partial charge is 0.469 e. The average Bonchev–Trinajstić information content (AvgIpc) is 3.04. The van der Waals surface area contributed by atoms with Gasteiger partial charge in [0, 0.05) is 12.0 Å². The lowest BCUT2D eigenvalue weighted by Gasteiger charge is -2.06. The standard InChI is InChI=1S/C18H19Cl2N3O2/c1-3-4-8-14-12-23(22-21-14)18-15(19)10-13(11-16(18)20)7-5-6-9-17(24)25-2/h10-12H,3-4,6,8-9H2,1-2H3. The van der Waals surface area contributed by atoms with E-state index in [4.69, 9.17) is 23.2 Å². The highest BCUT2D eigenvalue weighted by molar-refractivity contribution is 6.37. The minimum atomic E-state index is -0.286. The van der Waals surface area contributed by atoms with Gasteiger partial charge in [-0.25, -0.2) is 4.68 Å². The molecule has 0 aliphatic carbocycles. The van der Waals surface area contributed by atoms with Gasteiger partial charge in [0.05, 0.1) is 35.5 Å². The lowest BCUT2D eigenvalue weighted by Crippen LogP contribution is -1.98. The predicted octanol–water partition coefficient (Wildman–Crippen LogP) is 4.22. The second-order valence-corrected chi connectivity index (χ2v) is 6.24. The van der Waals surface area contributed by atoms with E-state index in [2.05, 4.69) is 33.8 Å². The van der Waals surface area contributed by atoms with Crippen LogP contribution >= 0.6 is 23.2 Å². The Morgan fingerprint density at radius 3 is 2.68 bits per heavy atom. The number of nitrogens with zero attached hydrogens (tertiary/aromatic N) is 3. The lowest BCUT2D eigenvalue weighted by atomic mass is 10.2. The fraction of sp³-hybridized carbons (Fsp3) is 0.389. The number of carbonyl (C=O) groups excluding carboxylic acids is 1. The predicted molar refractivity (Wildman–Crippen MR) is 98.1 cm³/mol. The molecule has 132 valence electrons. The van der Waals surface area contributed by atoms with Gasteiger partial charge in [-0.05, 0) is 25.0 Å². The maximum atomic E-state index is 11.1. The molecule has 2 rings (SSSR count). The lowest BCUT2D eigenvalue weighted by molar-refractivity contribution is -0.140. The van der Waals surface area contributed by atoms with Crippen molar-refractivity contribution in [3.8, 4) is 17.5 Å². The molecule has 7 heteroatoms. The molecule has 2 aromatic rings. The van der Waals surface area contributed by atoms with E-state index < -0.39 is 0 Å². The van der Waals surface area contributed by atoms with E-state index in [1.807, 2.05) is 6.20 Å². The summed E-state index contributed by atoms with van der Waals surface area (Å²) in [6.07, 6.45) is 5.52. The number of hydrogen-bond acceptors (Lipinski definition) is 4. The topological polar surface area (TPSA) is 57.0 Å². The van der Waals surface area contributed by atoms with Crippen LogP contribution in [-0.2, 0) is 16.0 Å². The van der Waals surface area contributed by atoms with Gasteiger partial charge in [0.25, 0.3) is 0 Å². The van der Waals surface area contributed by atoms with Crippen molar-refractivity contribution in [1.29, 1.82) is 0 Å². The van der Waals surface area contributed by atoms with Crippen LogP contribution in [0.25, 0.3) is 5.69 Å². The third-order valence-electron chi connectivity index (χ3n) is 3.49. The van der Waals surface area contributed by atoms with E-state index in [9.17, 15) is 4.79 Å². The molecule has 5 nitrogen and oxygen atoms in total. The Bertz CT molecular complexity index is 783. The molecule has 0 aliphatic rings. The molecule has 1 heterocycles. The molecule has 0 aliphatic heterocycles. The smallest absolute Gasteiger partial charge is 0.306 e. The fourth-order valence-electron chi connectivity index (χ4n) is 2.17. The number of esters is 1. The quantitative estimate of drug-likeness (QED) is 0.556. The molecule has 0 bridgehead atoms. The van der Waals surface area contributed by atoms with Gasteiger partial charge >= 0.3 is 5.97 Å². The zero-order valence-electron chi connectivity index (χ0n) is 14.2. The number of methoxy groups -OCH3 is 1. The number of unbranched alkanes of at least 4 members (excludes halogenated alkanes) is 1. The molecule has 0 saturated carbocycles. The first-order chi connectivity index (χ1) is 12.0. The first kappa shape index (κ1) is 19.3. The maximum absolute atomic E-state index is 11.1. The molecule has 0 fully saturated rings. The van der Waals surface area contributed by atoms with Crippen LogP contribution in [0.1, 0.15) is 43.9 Å². The Balaban J connectivity index is 2.16. The van der Waals surface area contributed by atoms with Crippen molar-refractivity contribution in [3.05, 3.63) is 39.6 Å². The number of ether oxygens (including phenoxy) is 1. The van der Waals surface area contributed by atoms with Crippen LogP contribution in [0.2, 0.25) is 10.0 Å². The molecule has 1 aromatic carbocycles. The zero-order valence-corrected chi connectivity index (χ0v) is 15.7. The van der Waals surface area contributed by atoms with Gasteiger partial charge in [-0.15, -0.1) is 5.10 Å². The van der Waals surface area contributed by atoms with Crippen LogP contribution in [-0.4, -0.2) is 28.1 Å². The van der Waals surface area contributed by atoms with Crippen molar-refractivity contribution in [1.82, 2.24) is 15.0 Å². The highest BCUT2D eigenvalue weighted by atomic mass is 35.5. The van der Waals surface area contributed by atoms with Gasteiger partial charge in [-0.1, -0.05) is 53.6 Å². The minimum absolute atomic E-state index is 0.253. The maximum Gasteiger partial charge on any atom is 0.306 e. The number of aryl methyl sites for hydroxylation is 1. The molecule has 0 spiro atoms. The van der Waals surface area contributed by atoms with Crippen molar-refractivity contribution in [2.75, 3.05) is 7.11 Å². The van der Waals surface area contributed by atoms with Crippen molar-refractivity contribution in [2.45, 2.75) is 39.0 Å². The minimum Gasteiger partial charge on any atom is -0.469 e. The van der Waals surface area contributed by atoms with Gasteiger partial charge in [-0.3, -0.25) is 4.79 Å². The molecule has 0 N–H and O–H groups in total. The number of halogens is 2. The average molecular weight is 380 g/mol. The van der Waals surface area contributed by atoms with Gasteiger partial charge < -0.3 is 4.74 Å². The van der Waals surface area contributed by atoms with E-state index in [0.29, 0.717) is 27.7 Å². The Morgan fingerprint density at radius 1 is 1.32 bits per heavy atom. The summed E-state index contributed by atoms with van der Waals surface area (Å²) in [6.45, 7) is 2.13. The van der Waals surface area contributed by atoms with Crippen LogP contribution < -0.4 is 0 Å². The third-order valence-corrected chi connectivity index (χ3v) is 4.06. The van der Waals surface area contributed by atoms with Crippen LogP contribution in [0.15, 0.2) is 18.3 Å². The summed E-state index contributed by atoms with van der Waals surface area (Å²) in [6, 6.07) is 3.45. The molecular weight excluding hydrogens is 361 g/mol. The molecule has 1 aromatic heterocycles. The second-order valence-electron chi connectivity index (χ2n) is 5.42. The third kappa shape index (κ3) is 5.48. The summed E-state index contributed by atoms with van der Waals surface area (Å²) in [5.41, 5.74) is 2.16. The van der Waals surface area contributed by atoms with Crippen molar-refractivity contribution >= 4 is 29.2 Å². The second kappa shape index (κ2) is 9.45. The molecule has 0 atom stereocenters. The summed E-state index contributed by atoms with van der Waals surface area (Å²) in [7, 11) is 1.35. The highest BCUT2D eigenvalue weighted by Gasteiger charge is 2.12. The number of benzene rings is 1. The fourth-order valence-corrected chi connectivity index (χ4v) is 2.83. The first-order valence-electron chi connectivity index (χ1n) is 8.01. The monoisotopic (exact) mass is 379 g/mol. The van der Waals surface area contributed by atoms with E-state index in [-0.39, 0.29) is 12.4 Å². The number of hydrogen-bond donors (Lipinski definition) is 0.